The Morgan fingerprint density at radius 1 is 1.35 bits per heavy atom. The second-order valence-electron chi connectivity index (χ2n) is 7.70. The Balaban J connectivity index is 0.00000196. The highest BCUT2D eigenvalue weighted by Gasteiger charge is 2.55. The number of hydrogen-bond acceptors (Lipinski definition) is 3. The van der Waals surface area contributed by atoms with Crippen LogP contribution in [-0.4, -0.2) is 50.6 Å². The third-order valence-electron chi connectivity index (χ3n) is 6.32. The van der Waals surface area contributed by atoms with Gasteiger partial charge in [0.2, 0.25) is 0 Å². The number of rotatable bonds is 3. The summed E-state index contributed by atoms with van der Waals surface area (Å²) in [5, 5.41) is 3.55. The fourth-order valence-electron chi connectivity index (χ4n) is 4.90. The van der Waals surface area contributed by atoms with Crippen LogP contribution in [0.15, 0.2) is 29.3 Å². The maximum Gasteiger partial charge on any atom is 0.310 e. The van der Waals surface area contributed by atoms with Gasteiger partial charge in [-0.05, 0) is 41.2 Å². The van der Waals surface area contributed by atoms with E-state index in [0.29, 0.717) is 12.5 Å². The number of nitrogens with zero attached hydrogens (tertiary/aromatic N) is 2. The molecule has 1 saturated carbocycles. The van der Waals surface area contributed by atoms with Gasteiger partial charge in [0.15, 0.2) is 5.96 Å². The summed E-state index contributed by atoms with van der Waals surface area (Å²) in [6.45, 7) is 4.61. The first kappa shape index (κ1) is 19.5. The van der Waals surface area contributed by atoms with Gasteiger partial charge in [0.25, 0.3) is 0 Å². The lowest BCUT2D eigenvalue weighted by molar-refractivity contribution is -0.145. The molecule has 4 rings (SSSR count). The number of likely N-dealkylation sites (tertiary alicyclic amines) is 1. The van der Waals surface area contributed by atoms with Crippen molar-refractivity contribution in [1.29, 1.82) is 0 Å². The predicted molar refractivity (Wildman–Crippen MR) is 113 cm³/mol. The van der Waals surface area contributed by atoms with Crippen molar-refractivity contribution >= 4 is 35.9 Å². The zero-order valence-corrected chi connectivity index (χ0v) is 18.0. The summed E-state index contributed by atoms with van der Waals surface area (Å²) in [4.78, 5) is 18.5. The van der Waals surface area contributed by atoms with Gasteiger partial charge in [0.1, 0.15) is 0 Å². The van der Waals surface area contributed by atoms with Crippen molar-refractivity contribution in [1.82, 2.24) is 10.2 Å². The number of nitrogens with one attached hydrogen (secondary N) is 1. The van der Waals surface area contributed by atoms with Gasteiger partial charge in [-0.1, -0.05) is 31.2 Å². The Bertz CT molecular complexity index is 708. The zero-order chi connectivity index (χ0) is 17.6. The maximum atomic E-state index is 11.9. The van der Waals surface area contributed by atoms with E-state index >= 15 is 0 Å². The second kappa shape index (κ2) is 7.74. The van der Waals surface area contributed by atoms with Crippen LogP contribution in [0.3, 0.4) is 0 Å². The van der Waals surface area contributed by atoms with Crippen molar-refractivity contribution in [3.8, 4) is 0 Å². The van der Waals surface area contributed by atoms with E-state index in [0.717, 1.165) is 30.9 Å². The average Bonchev–Trinajstić information content (AvgIpc) is 2.97. The molecule has 0 amide bonds. The van der Waals surface area contributed by atoms with E-state index in [4.69, 9.17) is 4.74 Å². The summed E-state index contributed by atoms with van der Waals surface area (Å²) in [5.74, 6) is 3.26. The Hall–Kier alpha value is -1.31. The van der Waals surface area contributed by atoms with Gasteiger partial charge in [-0.25, -0.2) is 0 Å². The molecule has 1 aliphatic heterocycles. The zero-order valence-electron chi connectivity index (χ0n) is 15.6. The maximum absolute atomic E-state index is 11.9. The highest BCUT2D eigenvalue weighted by atomic mass is 127. The predicted octanol–water partition coefficient (Wildman–Crippen LogP) is 2.51. The molecule has 5 nitrogen and oxygen atoms in total. The van der Waals surface area contributed by atoms with Crippen molar-refractivity contribution in [3.05, 3.63) is 35.4 Å². The number of guanidine groups is 1. The van der Waals surface area contributed by atoms with Crippen molar-refractivity contribution in [2.45, 2.75) is 19.3 Å². The lowest BCUT2D eigenvalue weighted by atomic mass is 9.99. The molecule has 1 heterocycles. The van der Waals surface area contributed by atoms with Crippen LogP contribution in [0.4, 0.5) is 0 Å². The molecule has 5 atom stereocenters. The summed E-state index contributed by atoms with van der Waals surface area (Å²) in [6, 6.07) is 8.86. The van der Waals surface area contributed by atoms with E-state index in [2.05, 4.69) is 46.4 Å². The fraction of sp³-hybridized carbons (Fsp3) is 0.600. The normalized spacial score (nSPS) is 31.7. The number of benzene rings is 1. The Morgan fingerprint density at radius 3 is 2.85 bits per heavy atom. The molecular weight excluding hydrogens is 441 g/mol. The second-order valence-corrected chi connectivity index (χ2v) is 7.70. The third-order valence-corrected chi connectivity index (χ3v) is 6.32. The molecule has 0 bridgehead atoms. The molecule has 3 aliphatic rings. The number of halogens is 1. The summed E-state index contributed by atoms with van der Waals surface area (Å²) >= 11 is 0. The number of fused-ring (bicyclic) bond motifs is 3. The molecule has 6 heteroatoms. The van der Waals surface area contributed by atoms with Crippen LogP contribution < -0.4 is 5.32 Å². The molecule has 0 spiro atoms. The van der Waals surface area contributed by atoms with Crippen LogP contribution >= 0.6 is 24.0 Å². The van der Waals surface area contributed by atoms with Crippen molar-refractivity contribution in [3.63, 3.8) is 0 Å². The molecule has 1 aromatic rings. The van der Waals surface area contributed by atoms with Crippen LogP contribution in [-0.2, 0) is 16.0 Å². The molecule has 1 N–H and O–H groups in total. The molecule has 26 heavy (non-hydrogen) atoms. The van der Waals surface area contributed by atoms with E-state index in [1.165, 1.54) is 19.1 Å². The van der Waals surface area contributed by atoms with Crippen molar-refractivity contribution < 1.29 is 9.53 Å². The van der Waals surface area contributed by atoms with Crippen LogP contribution in [0.25, 0.3) is 0 Å². The van der Waals surface area contributed by atoms with E-state index in [9.17, 15) is 4.79 Å². The largest absolute Gasteiger partial charge is 0.469 e. The molecule has 2 fully saturated rings. The SMILES string of the molecule is CN=C(NCC1C2Cc3ccccc3C12)N1CC(C)C(C(=O)OC)C1.I. The molecule has 2 aliphatic carbocycles. The van der Waals surface area contributed by atoms with Gasteiger partial charge in [0, 0.05) is 26.7 Å². The molecule has 0 radical (unpaired) electrons. The highest BCUT2D eigenvalue weighted by molar-refractivity contribution is 14.0. The third kappa shape index (κ3) is 3.32. The molecule has 142 valence electrons. The summed E-state index contributed by atoms with van der Waals surface area (Å²) in [6.07, 6.45) is 1.22. The van der Waals surface area contributed by atoms with Crippen LogP contribution in [0, 0.1) is 23.7 Å². The quantitative estimate of drug-likeness (QED) is 0.320. The van der Waals surface area contributed by atoms with E-state index in [-0.39, 0.29) is 41.8 Å². The smallest absolute Gasteiger partial charge is 0.310 e. The van der Waals surface area contributed by atoms with E-state index in [1.54, 1.807) is 5.56 Å². The Labute approximate surface area is 172 Å². The Morgan fingerprint density at radius 2 is 2.12 bits per heavy atom. The molecular formula is C20H28IN3O2. The lowest BCUT2D eigenvalue weighted by Gasteiger charge is -2.22. The first-order valence-electron chi connectivity index (χ1n) is 9.25. The van der Waals surface area contributed by atoms with E-state index < -0.39 is 0 Å². The average molecular weight is 469 g/mol. The number of hydrogen-bond donors (Lipinski definition) is 1. The number of carbonyl (C=O) groups excluding carboxylic acids is 1. The number of ether oxygens (including phenoxy) is 1. The molecule has 0 aromatic heterocycles. The topological polar surface area (TPSA) is 53.9 Å². The number of aliphatic imine (C=N–C) groups is 1. The Kier molecular flexibility index (Phi) is 5.79. The summed E-state index contributed by atoms with van der Waals surface area (Å²) in [5.41, 5.74) is 3.09. The molecule has 1 aromatic carbocycles. The first-order chi connectivity index (χ1) is 12.1. The van der Waals surface area contributed by atoms with Gasteiger partial charge in [-0.2, -0.15) is 0 Å². The summed E-state index contributed by atoms with van der Waals surface area (Å²) in [7, 11) is 3.29. The lowest BCUT2D eigenvalue weighted by Crippen LogP contribution is -2.41. The highest BCUT2D eigenvalue weighted by Crippen LogP contribution is 2.60. The van der Waals surface area contributed by atoms with Gasteiger partial charge in [-0.3, -0.25) is 9.79 Å². The van der Waals surface area contributed by atoms with E-state index in [1.807, 2.05) is 7.05 Å². The molecule has 5 unspecified atom stereocenters. The van der Waals surface area contributed by atoms with Gasteiger partial charge in [-0.15, -0.1) is 24.0 Å². The number of esters is 1. The van der Waals surface area contributed by atoms with Gasteiger partial charge < -0.3 is 15.0 Å². The summed E-state index contributed by atoms with van der Waals surface area (Å²) < 4.78 is 4.93. The van der Waals surface area contributed by atoms with Crippen LogP contribution in [0.1, 0.15) is 24.0 Å². The van der Waals surface area contributed by atoms with Crippen LogP contribution in [0.5, 0.6) is 0 Å². The molecule has 1 saturated heterocycles. The van der Waals surface area contributed by atoms with Crippen LogP contribution in [0.2, 0.25) is 0 Å². The minimum atomic E-state index is -0.112. The van der Waals surface area contributed by atoms with Crippen molar-refractivity contribution in [2.24, 2.45) is 28.7 Å². The fourth-order valence-corrected chi connectivity index (χ4v) is 4.90. The minimum absolute atomic E-state index is 0. The number of methoxy groups -OCH3 is 1. The van der Waals surface area contributed by atoms with Gasteiger partial charge in [0.05, 0.1) is 13.0 Å². The number of carbonyl (C=O) groups is 1. The standard InChI is InChI=1S/C20H27N3O2.HI/c1-12-10-23(11-17(12)19(24)25-3)20(21-2)22-9-16-15-8-13-6-4-5-7-14(13)18(15)16;/h4-7,12,15-18H,8-11H2,1-3H3,(H,21,22);1H. The first-order valence-corrected chi connectivity index (χ1v) is 9.25. The van der Waals surface area contributed by atoms with Gasteiger partial charge >= 0.3 is 5.97 Å². The van der Waals surface area contributed by atoms with Crippen molar-refractivity contribution in [2.75, 3.05) is 33.8 Å². The minimum Gasteiger partial charge on any atom is -0.469 e. The monoisotopic (exact) mass is 469 g/mol.